The Labute approximate surface area is 125 Å². The van der Waals surface area contributed by atoms with Gasteiger partial charge in [0.25, 0.3) is 5.69 Å². The number of halogens is 6. The van der Waals surface area contributed by atoms with Gasteiger partial charge in [0.15, 0.2) is 0 Å². The molecule has 0 spiro atoms. The van der Waals surface area contributed by atoms with E-state index in [-0.39, 0.29) is 0 Å². The van der Waals surface area contributed by atoms with Crippen LogP contribution < -0.4 is 0 Å². The number of nitrogens with zero attached hydrogens (tertiary/aromatic N) is 1. The van der Waals surface area contributed by atoms with Crippen LogP contribution in [0.25, 0.3) is 11.1 Å². The molecule has 2 aromatic carbocycles. The van der Waals surface area contributed by atoms with Crippen molar-refractivity contribution >= 4 is 5.69 Å². The Morgan fingerprint density at radius 3 is 1.96 bits per heavy atom. The number of nitro groups is 1. The molecule has 0 heterocycles. The maximum absolute atomic E-state index is 13.0. The van der Waals surface area contributed by atoms with Gasteiger partial charge in [-0.05, 0) is 18.2 Å². The predicted octanol–water partition coefficient (Wildman–Crippen LogP) is 5.30. The van der Waals surface area contributed by atoms with Crippen LogP contribution in [0, 0.1) is 10.1 Å². The fraction of sp³-hybridized carbons (Fsp3) is 0.143. The van der Waals surface area contributed by atoms with Crippen LogP contribution >= 0.6 is 0 Å². The van der Waals surface area contributed by atoms with E-state index >= 15 is 0 Å². The SMILES string of the molecule is O=[N+]([O-])c1ccc(C(F)(F)F)cc1-c1ccccc1C(F)(F)F. The van der Waals surface area contributed by atoms with Crippen molar-refractivity contribution in [2.24, 2.45) is 0 Å². The summed E-state index contributed by atoms with van der Waals surface area (Å²) < 4.78 is 77.3. The summed E-state index contributed by atoms with van der Waals surface area (Å²) in [7, 11) is 0. The molecule has 0 saturated heterocycles. The van der Waals surface area contributed by atoms with E-state index in [1.54, 1.807) is 0 Å². The van der Waals surface area contributed by atoms with Gasteiger partial charge in [0.1, 0.15) is 0 Å². The average molecular weight is 335 g/mol. The second-order valence-electron chi connectivity index (χ2n) is 4.53. The first-order valence-electron chi connectivity index (χ1n) is 6.04. The van der Waals surface area contributed by atoms with Crippen molar-refractivity contribution in [2.75, 3.05) is 0 Å². The van der Waals surface area contributed by atoms with Crippen molar-refractivity contribution in [1.82, 2.24) is 0 Å². The van der Waals surface area contributed by atoms with E-state index in [0.717, 1.165) is 18.2 Å². The predicted molar refractivity (Wildman–Crippen MR) is 68.5 cm³/mol. The van der Waals surface area contributed by atoms with E-state index in [1.807, 2.05) is 0 Å². The summed E-state index contributed by atoms with van der Waals surface area (Å²) in [5.74, 6) is 0. The molecule has 0 aliphatic carbocycles. The monoisotopic (exact) mass is 335 g/mol. The summed E-state index contributed by atoms with van der Waals surface area (Å²) in [6.45, 7) is 0. The molecule has 9 heteroatoms. The number of hydrogen-bond donors (Lipinski definition) is 0. The van der Waals surface area contributed by atoms with Gasteiger partial charge in [-0.1, -0.05) is 18.2 Å². The van der Waals surface area contributed by atoms with Gasteiger partial charge < -0.3 is 0 Å². The van der Waals surface area contributed by atoms with E-state index < -0.39 is 45.2 Å². The minimum absolute atomic E-state index is 0.350. The molecule has 0 bridgehead atoms. The van der Waals surface area contributed by atoms with Crippen molar-refractivity contribution < 1.29 is 31.3 Å². The zero-order chi connectivity index (χ0) is 17.4. The summed E-state index contributed by atoms with van der Waals surface area (Å²) in [6.07, 6.45) is -9.70. The molecule has 0 unspecified atom stereocenters. The molecule has 2 rings (SSSR count). The first-order valence-corrected chi connectivity index (χ1v) is 6.04. The van der Waals surface area contributed by atoms with Crippen molar-refractivity contribution in [3.63, 3.8) is 0 Å². The van der Waals surface area contributed by atoms with Crippen molar-refractivity contribution in [1.29, 1.82) is 0 Å². The van der Waals surface area contributed by atoms with E-state index in [9.17, 15) is 36.5 Å². The van der Waals surface area contributed by atoms with Crippen LogP contribution in [0.3, 0.4) is 0 Å². The Balaban J connectivity index is 2.79. The maximum Gasteiger partial charge on any atom is 0.417 e. The fourth-order valence-electron chi connectivity index (χ4n) is 2.05. The van der Waals surface area contributed by atoms with Gasteiger partial charge in [-0.3, -0.25) is 10.1 Å². The fourth-order valence-corrected chi connectivity index (χ4v) is 2.05. The molecule has 0 atom stereocenters. The second-order valence-corrected chi connectivity index (χ2v) is 4.53. The average Bonchev–Trinajstić information content (AvgIpc) is 2.44. The van der Waals surface area contributed by atoms with Crippen molar-refractivity contribution in [3.8, 4) is 11.1 Å². The van der Waals surface area contributed by atoms with Gasteiger partial charge in [0.05, 0.1) is 21.6 Å². The van der Waals surface area contributed by atoms with Crippen LogP contribution in [0.1, 0.15) is 11.1 Å². The largest absolute Gasteiger partial charge is 0.417 e. The number of rotatable bonds is 2. The number of alkyl halides is 6. The topological polar surface area (TPSA) is 43.1 Å². The smallest absolute Gasteiger partial charge is 0.258 e. The van der Waals surface area contributed by atoms with Gasteiger partial charge in [0.2, 0.25) is 0 Å². The molecule has 0 saturated carbocycles. The molecular formula is C14H7F6NO2. The zero-order valence-electron chi connectivity index (χ0n) is 11.1. The molecule has 0 amide bonds. The van der Waals surface area contributed by atoms with E-state index in [2.05, 4.69) is 0 Å². The molecule has 3 nitrogen and oxygen atoms in total. The van der Waals surface area contributed by atoms with Gasteiger partial charge >= 0.3 is 12.4 Å². The molecule has 0 aliphatic heterocycles. The highest BCUT2D eigenvalue weighted by Gasteiger charge is 2.37. The van der Waals surface area contributed by atoms with Crippen LogP contribution in [0.15, 0.2) is 42.5 Å². The summed E-state index contributed by atoms with van der Waals surface area (Å²) in [5, 5.41) is 11.0. The van der Waals surface area contributed by atoms with Crippen LogP contribution in [0.2, 0.25) is 0 Å². The highest BCUT2D eigenvalue weighted by atomic mass is 19.4. The number of nitro benzene ring substituents is 1. The normalized spacial score (nSPS) is 12.3. The summed E-state index contributed by atoms with van der Waals surface area (Å²) >= 11 is 0. The summed E-state index contributed by atoms with van der Waals surface area (Å²) in [5.41, 5.74) is -4.78. The first-order chi connectivity index (χ1) is 10.5. The highest BCUT2D eigenvalue weighted by Crippen LogP contribution is 2.42. The standard InChI is InChI=1S/C14H7F6NO2/c15-13(16,17)8-5-6-12(21(22)23)10(7-8)9-3-1-2-4-11(9)14(18,19)20/h1-7H. The lowest BCUT2D eigenvalue weighted by atomic mass is 9.96. The molecule has 0 fully saturated rings. The lowest BCUT2D eigenvalue weighted by molar-refractivity contribution is -0.384. The zero-order valence-corrected chi connectivity index (χ0v) is 11.1. The van der Waals surface area contributed by atoms with Gasteiger partial charge in [-0.2, -0.15) is 26.3 Å². The van der Waals surface area contributed by atoms with Gasteiger partial charge in [0, 0.05) is 11.6 Å². The second kappa shape index (κ2) is 5.56. The molecule has 122 valence electrons. The van der Waals surface area contributed by atoms with E-state index in [0.29, 0.717) is 24.3 Å². The Hall–Kier alpha value is -2.58. The van der Waals surface area contributed by atoms with Crippen LogP contribution in [0.4, 0.5) is 32.0 Å². The lowest BCUT2D eigenvalue weighted by Crippen LogP contribution is -2.09. The minimum Gasteiger partial charge on any atom is -0.258 e. The van der Waals surface area contributed by atoms with Crippen molar-refractivity contribution in [2.45, 2.75) is 12.4 Å². The van der Waals surface area contributed by atoms with Crippen LogP contribution in [-0.4, -0.2) is 4.92 Å². The molecule has 2 aromatic rings. The minimum atomic E-state index is -4.86. The third kappa shape index (κ3) is 3.43. The highest BCUT2D eigenvalue weighted by molar-refractivity contribution is 5.77. The van der Waals surface area contributed by atoms with E-state index in [1.165, 1.54) is 0 Å². The van der Waals surface area contributed by atoms with Gasteiger partial charge in [-0.15, -0.1) is 0 Å². The molecule has 23 heavy (non-hydrogen) atoms. The molecular weight excluding hydrogens is 328 g/mol. The third-order valence-electron chi connectivity index (χ3n) is 3.04. The van der Waals surface area contributed by atoms with Crippen LogP contribution in [0.5, 0.6) is 0 Å². The Morgan fingerprint density at radius 1 is 0.826 bits per heavy atom. The molecule has 0 aromatic heterocycles. The Morgan fingerprint density at radius 2 is 1.43 bits per heavy atom. The maximum atomic E-state index is 13.0. The first kappa shape index (κ1) is 16.8. The van der Waals surface area contributed by atoms with Crippen LogP contribution in [-0.2, 0) is 12.4 Å². The molecule has 0 aliphatic rings. The summed E-state index contributed by atoms with van der Waals surface area (Å²) in [6, 6.07) is 5.11. The molecule has 0 N–H and O–H groups in total. The molecule has 0 radical (unpaired) electrons. The van der Waals surface area contributed by atoms with Gasteiger partial charge in [-0.25, -0.2) is 0 Å². The number of hydrogen-bond acceptors (Lipinski definition) is 2. The number of benzene rings is 2. The summed E-state index contributed by atoms with van der Waals surface area (Å²) in [4.78, 5) is 9.93. The van der Waals surface area contributed by atoms with E-state index in [4.69, 9.17) is 0 Å². The quantitative estimate of drug-likeness (QED) is 0.425. The van der Waals surface area contributed by atoms with Crippen molar-refractivity contribution in [3.05, 3.63) is 63.7 Å². The Bertz CT molecular complexity index is 752. The Kier molecular flexibility index (Phi) is 4.06. The third-order valence-corrected chi connectivity index (χ3v) is 3.04. The lowest BCUT2D eigenvalue weighted by Gasteiger charge is -2.14.